The van der Waals surface area contributed by atoms with Gasteiger partial charge in [0.1, 0.15) is 6.10 Å². The molecule has 19 heavy (non-hydrogen) atoms. The maximum atomic E-state index is 6.07. The lowest BCUT2D eigenvalue weighted by Gasteiger charge is -2.21. The van der Waals surface area contributed by atoms with Gasteiger partial charge in [0, 0.05) is 12.6 Å². The molecule has 1 unspecified atom stereocenters. The van der Waals surface area contributed by atoms with E-state index in [1.165, 1.54) is 12.8 Å². The van der Waals surface area contributed by atoms with Crippen LogP contribution in [0.4, 0.5) is 0 Å². The lowest BCUT2D eigenvalue weighted by molar-refractivity contribution is 0.177. The Hall–Kier alpha value is -1.42. The van der Waals surface area contributed by atoms with E-state index in [1.54, 1.807) is 14.2 Å². The van der Waals surface area contributed by atoms with Crippen molar-refractivity contribution in [2.75, 3.05) is 20.8 Å². The van der Waals surface area contributed by atoms with Crippen LogP contribution in [0, 0.1) is 0 Å². The van der Waals surface area contributed by atoms with E-state index in [0.717, 1.165) is 13.0 Å². The summed E-state index contributed by atoms with van der Waals surface area (Å²) < 4.78 is 16.8. The predicted molar refractivity (Wildman–Crippen MR) is 75.3 cm³/mol. The van der Waals surface area contributed by atoms with Gasteiger partial charge >= 0.3 is 0 Å². The second kappa shape index (κ2) is 6.66. The van der Waals surface area contributed by atoms with Crippen LogP contribution in [-0.2, 0) is 0 Å². The van der Waals surface area contributed by atoms with Gasteiger partial charge in [-0.3, -0.25) is 0 Å². The average molecular weight is 265 g/mol. The number of ether oxygens (including phenoxy) is 3. The number of hydrogen-bond donors (Lipinski definition) is 1. The maximum absolute atomic E-state index is 6.07. The van der Waals surface area contributed by atoms with Crippen LogP contribution >= 0.6 is 0 Å². The first-order valence-corrected chi connectivity index (χ1v) is 6.89. The number of nitrogens with one attached hydrogen (secondary N) is 1. The van der Waals surface area contributed by atoms with Crippen LogP contribution in [0.1, 0.15) is 26.2 Å². The van der Waals surface area contributed by atoms with E-state index in [0.29, 0.717) is 23.3 Å². The first-order chi connectivity index (χ1) is 9.28. The Morgan fingerprint density at radius 3 is 2.32 bits per heavy atom. The minimum Gasteiger partial charge on any atom is -0.493 e. The Morgan fingerprint density at radius 2 is 1.84 bits per heavy atom. The van der Waals surface area contributed by atoms with Gasteiger partial charge in [-0.1, -0.05) is 13.0 Å². The molecule has 1 aliphatic carbocycles. The fourth-order valence-corrected chi connectivity index (χ4v) is 1.95. The third kappa shape index (κ3) is 3.77. The molecule has 0 radical (unpaired) electrons. The molecule has 0 aromatic heterocycles. The van der Waals surface area contributed by atoms with Gasteiger partial charge < -0.3 is 19.5 Å². The summed E-state index contributed by atoms with van der Waals surface area (Å²) in [6.07, 6.45) is 3.65. The standard InChI is InChI=1S/C15H23NO3/c1-4-12(10-16-11-8-9-11)19-15-13(17-2)6-5-7-14(15)18-3/h5-7,11-12,16H,4,8-10H2,1-3H3. The van der Waals surface area contributed by atoms with Crippen molar-refractivity contribution in [3.8, 4) is 17.2 Å². The summed E-state index contributed by atoms with van der Waals surface area (Å²) >= 11 is 0. The van der Waals surface area contributed by atoms with E-state index in [9.17, 15) is 0 Å². The zero-order valence-electron chi connectivity index (χ0n) is 11.9. The van der Waals surface area contributed by atoms with Crippen molar-refractivity contribution in [2.24, 2.45) is 0 Å². The molecule has 1 fully saturated rings. The molecule has 1 atom stereocenters. The third-order valence-electron chi connectivity index (χ3n) is 3.33. The van der Waals surface area contributed by atoms with Gasteiger partial charge in [0.05, 0.1) is 14.2 Å². The molecule has 0 bridgehead atoms. The summed E-state index contributed by atoms with van der Waals surface area (Å²) in [7, 11) is 3.29. The Balaban J connectivity index is 2.05. The van der Waals surface area contributed by atoms with Crippen LogP contribution in [0.25, 0.3) is 0 Å². The molecule has 0 aliphatic heterocycles. The van der Waals surface area contributed by atoms with Gasteiger partial charge in [0.15, 0.2) is 11.5 Å². The molecular formula is C15H23NO3. The Kier molecular flexibility index (Phi) is 4.91. The number of para-hydroxylation sites is 1. The van der Waals surface area contributed by atoms with E-state index in [4.69, 9.17) is 14.2 Å². The zero-order chi connectivity index (χ0) is 13.7. The summed E-state index contributed by atoms with van der Waals surface area (Å²) in [6, 6.07) is 6.36. The molecule has 0 heterocycles. The predicted octanol–water partition coefficient (Wildman–Crippen LogP) is 2.61. The Labute approximate surface area is 115 Å². The summed E-state index contributed by atoms with van der Waals surface area (Å²) in [5.74, 6) is 2.12. The van der Waals surface area contributed by atoms with Crippen molar-refractivity contribution < 1.29 is 14.2 Å². The average Bonchev–Trinajstić information content (AvgIpc) is 3.27. The van der Waals surface area contributed by atoms with Gasteiger partial charge in [-0.2, -0.15) is 0 Å². The van der Waals surface area contributed by atoms with Crippen molar-refractivity contribution in [3.05, 3.63) is 18.2 Å². The zero-order valence-corrected chi connectivity index (χ0v) is 11.9. The second-order valence-electron chi connectivity index (χ2n) is 4.82. The molecule has 1 aromatic carbocycles. The van der Waals surface area contributed by atoms with Crippen molar-refractivity contribution >= 4 is 0 Å². The monoisotopic (exact) mass is 265 g/mol. The van der Waals surface area contributed by atoms with Crippen molar-refractivity contribution in [2.45, 2.75) is 38.3 Å². The van der Waals surface area contributed by atoms with Crippen LogP contribution < -0.4 is 19.5 Å². The highest BCUT2D eigenvalue weighted by molar-refractivity contribution is 5.51. The molecule has 2 rings (SSSR count). The molecule has 4 heteroatoms. The quantitative estimate of drug-likeness (QED) is 0.784. The summed E-state index contributed by atoms with van der Waals surface area (Å²) in [5.41, 5.74) is 0. The molecule has 1 saturated carbocycles. The van der Waals surface area contributed by atoms with Crippen LogP contribution in [-0.4, -0.2) is 32.9 Å². The van der Waals surface area contributed by atoms with E-state index in [2.05, 4.69) is 12.2 Å². The molecule has 1 aliphatic rings. The second-order valence-corrected chi connectivity index (χ2v) is 4.82. The van der Waals surface area contributed by atoms with E-state index < -0.39 is 0 Å². The number of hydrogen-bond acceptors (Lipinski definition) is 4. The van der Waals surface area contributed by atoms with Crippen molar-refractivity contribution in [3.63, 3.8) is 0 Å². The molecule has 1 aromatic rings. The molecule has 106 valence electrons. The smallest absolute Gasteiger partial charge is 0.203 e. The van der Waals surface area contributed by atoms with Crippen LogP contribution in [0.15, 0.2) is 18.2 Å². The fraction of sp³-hybridized carbons (Fsp3) is 0.600. The molecule has 1 N–H and O–H groups in total. The Bertz CT molecular complexity index is 382. The van der Waals surface area contributed by atoms with Gasteiger partial charge in [-0.25, -0.2) is 0 Å². The van der Waals surface area contributed by atoms with E-state index in [1.807, 2.05) is 18.2 Å². The molecular weight excluding hydrogens is 242 g/mol. The molecule has 0 saturated heterocycles. The first-order valence-electron chi connectivity index (χ1n) is 6.89. The SMILES string of the molecule is CCC(CNC1CC1)Oc1c(OC)cccc1OC. The third-order valence-corrected chi connectivity index (χ3v) is 3.33. The number of methoxy groups -OCH3 is 2. The van der Waals surface area contributed by atoms with Crippen molar-refractivity contribution in [1.29, 1.82) is 0 Å². The fourth-order valence-electron chi connectivity index (χ4n) is 1.95. The topological polar surface area (TPSA) is 39.7 Å². The van der Waals surface area contributed by atoms with E-state index >= 15 is 0 Å². The number of benzene rings is 1. The summed E-state index contributed by atoms with van der Waals surface area (Å²) in [6.45, 7) is 2.99. The van der Waals surface area contributed by atoms with Gasteiger partial charge in [0.2, 0.25) is 5.75 Å². The minimum atomic E-state index is 0.130. The van der Waals surface area contributed by atoms with Crippen LogP contribution in [0.2, 0.25) is 0 Å². The van der Waals surface area contributed by atoms with Gasteiger partial charge in [-0.05, 0) is 31.4 Å². The highest BCUT2D eigenvalue weighted by Gasteiger charge is 2.23. The lowest BCUT2D eigenvalue weighted by Crippen LogP contribution is -2.32. The van der Waals surface area contributed by atoms with E-state index in [-0.39, 0.29) is 6.10 Å². The highest BCUT2D eigenvalue weighted by atomic mass is 16.5. The van der Waals surface area contributed by atoms with Crippen LogP contribution in [0.3, 0.4) is 0 Å². The molecule has 0 spiro atoms. The minimum absolute atomic E-state index is 0.130. The summed E-state index contributed by atoms with van der Waals surface area (Å²) in [4.78, 5) is 0. The molecule has 0 amide bonds. The van der Waals surface area contributed by atoms with Crippen molar-refractivity contribution in [1.82, 2.24) is 5.32 Å². The normalized spacial score (nSPS) is 15.9. The maximum Gasteiger partial charge on any atom is 0.203 e. The van der Waals surface area contributed by atoms with Crippen LogP contribution in [0.5, 0.6) is 17.2 Å². The molecule has 4 nitrogen and oxygen atoms in total. The highest BCUT2D eigenvalue weighted by Crippen LogP contribution is 2.37. The van der Waals surface area contributed by atoms with Gasteiger partial charge in [0.25, 0.3) is 0 Å². The largest absolute Gasteiger partial charge is 0.493 e. The number of rotatable bonds is 8. The lowest BCUT2D eigenvalue weighted by atomic mass is 10.2. The van der Waals surface area contributed by atoms with Gasteiger partial charge in [-0.15, -0.1) is 0 Å². The Morgan fingerprint density at radius 1 is 1.21 bits per heavy atom. The summed E-state index contributed by atoms with van der Waals surface area (Å²) in [5, 5.41) is 3.50. The first kappa shape index (κ1) is 14.0.